The van der Waals surface area contributed by atoms with Crippen LogP contribution in [0.15, 0.2) is 0 Å². The summed E-state index contributed by atoms with van der Waals surface area (Å²) in [5.74, 6) is -3.19. The standard InChI is InChI=1S/C6H9NO5.Na.H/c1-3(8)7-4(6(11)12)2-5(9)10;;/h4H,2H2,1H3,(H,7,8)(H,9,10)(H,11,12);;/q;+1;-1/t4-;;/m0../s1. The molecule has 0 radical (unpaired) electrons. The van der Waals surface area contributed by atoms with E-state index >= 15 is 0 Å². The molecule has 1 amide bonds. The smallest absolute Gasteiger partial charge is 1.00 e. The van der Waals surface area contributed by atoms with Crippen LogP contribution in [0.4, 0.5) is 0 Å². The Balaban J connectivity index is -0.000000605. The minimum atomic E-state index is -1.35. The summed E-state index contributed by atoms with van der Waals surface area (Å²) in [6, 6.07) is -1.35. The van der Waals surface area contributed by atoms with Crippen molar-refractivity contribution in [2.24, 2.45) is 0 Å². The number of carboxylic acid groups (broad SMARTS) is 2. The number of carbonyl (C=O) groups excluding carboxylic acids is 1. The van der Waals surface area contributed by atoms with E-state index in [1.807, 2.05) is 5.32 Å². The largest absolute Gasteiger partial charge is 1.00 e. The summed E-state index contributed by atoms with van der Waals surface area (Å²) in [6.45, 7) is 1.12. The van der Waals surface area contributed by atoms with E-state index in [4.69, 9.17) is 10.2 Å². The third-order valence-electron chi connectivity index (χ3n) is 1.05. The number of carboxylic acids is 2. The molecule has 6 nitrogen and oxygen atoms in total. The second-order valence-electron chi connectivity index (χ2n) is 2.19. The molecule has 0 unspecified atom stereocenters. The number of rotatable bonds is 4. The summed E-state index contributed by atoms with van der Waals surface area (Å²) >= 11 is 0. The Labute approximate surface area is 98.1 Å². The Morgan fingerprint density at radius 1 is 1.38 bits per heavy atom. The van der Waals surface area contributed by atoms with E-state index in [0.29, 0.717) is 0 Å². The summed E-state index contributed by atoms with van der Waals surface area (Å²) in [7, 11) is 0. The first-order valence-corrected chi connectivity index (χ1v) is 3.15. The van der Waals surface area contributed by atoms with E-state index in [2.05, 4.69) is 0 Å². The van der Waals surface area contributed by atoms with Crippen molar-refractivity contribution in [3.8, 4) is 0 Å². The van der Waals surface area contributed by atoms with Crippen molar-refractivity contribution >= 4 is 17.8 Å². The summed E-state index contributed by atoms with van der Waals surface area (Å²) in [5.41, 5.74) is 0. The first-order chi connectivity index (χ1) is 5.43. The number of aliphatic carboxylic acids is 2. The van der Waals surface area contributed by atoms with Crippen molar-refractivity contribution in [1.29, 1.82) is 0 Å². The van der Waals surface area contributed by atoms with Crippen LogP contribution in [0.2, 0.25) is 0 Å². The molecular formula is C6H10NNaO5. The molecule has 1 atom stereocenters. The van der Waals surface area contributed by atoms with E-state index in [0.717, 1.165) is 6.92 Å². The molecule has 3 N–H and O–H groups in total. The van der Waals surface area contributed by atoms with Crippen molar-refractivity contribution in [3.63, 3.8) is 0 Å². The molecule has 0 bridgehead atoms. The molecule has 0 saturated heterocycles. The van der Waals surface area contributed by atoms with Crippen LogP contribution in [-0.4, -0.2) is 34.1 Å². The summed E-state index contributed by atoms with van der Waals surface area (Å²) in [4.78, 5) is 30.7. The summed E-state index contributed by atoms with van der Waals surface area (Å²) < 4.78 is 0. The normalized spacial score (nSPS) is 10.8. The predicted molar refractivity (Wildman–Crippen MR) is 38.6 cm³/mol. The first-order valence-electron chi connectivity index (χ1n) is 3.15. The van der Waals surface area contributed by atoms with Crippen LogP contribution in [-0.2, 0) is 14.4 Å². The Hall–Kier alpha value is -0.590. The van der Waals surface area contributed by atoms with E-state index in [-0.39, 0.29) is 31.0 Å². The molecule has 13 heavy (non-hydrogen) atoms. The number of carbonyl (C=O) groups is 3. The molecule has 0 spiro atoms. The van der Waals surface area contributed by atoms with Crippen molar-refractivity contribution in [2.45, 2.75) is 19.4 Å². The molecule has 0 aromatic rings. The Kier molecular flexibility index (Phi) is 7.89. The summed E-state index contributed by atoms with van der Waals surface area (Å²) in [5, 5.41) is 18.6. The second kappa shape index (κ2) is 6.88. The quantitative estimate of drug-likeness (QED) is 0.402. The van der Waals surface area contributed by atoms with Crippen LogP contribution in [0, 0.1) is 0 Å². The van der Waals surface area contributed by atoms with E-state index in [9.17, 15) is 14.4 Å². The van der Waals surface area contributed by atoms with E-state index in [1.54, 1.807) is 0 Å². The molecule has 0 heterocycles. The fraction of sp³-hybridized carbons (Fsp3) is 0.500. The zero-order chi connectivity index (χ0) is 9.72. The maximum absolute atomic E-state index is 10.4. The molecule has 0 saturated carbocycles. The molecular weight excluding hydrogens is 189 g/mol. The SMILES string of the molecule is CC(=O)N[C@@H](CC(=O)O)C(=O)O.[H-].[Na+]. The third-order valence-corrected chi connectivity index (χ3v) is 1.05. The average molecular weight is 199 g/mol. The molecule has 0 aromatic carbocycles. The zero-order valence-corrected chi connectivity index (χ0v) is 9.40. The van der Waals surface area contributed by atoms with Crippen molar-refractivity contribution < 1.29 is 55.6 Å². The first kappa shape index (κ1) is 14.9. The molecule has 7 heteroatoms. The van der Waals surface area contributed by atoms with Crippen LogP contribution in [0.25, 0.3) is 0 Å². The van der Waals surface area contributed by atoms with Gasteiger partial charge < -0.3 is 17.0 Å². The van der Waals surface area contributed by atoms with Gasteiger partial charge >= 0.3 is 41.5 Å². The van der Waals surface area contributed by atoms with Crippen LogP contribution < -0.4 is 34.9 Å². The topological polar surface area (TPSA) is 104 Å². The minimum Gasteiger partial charge on any atom is -1.00 e. The van der Waals surface area contributed by atoms with Gasteiger partial charge in [0.2, 0.25) is 5.91 Å². The number of amides is 1. The van der Waals surface area contributed by atoms with Gasteiger partial charge in [-0.2, -0.15) is 0 Å². The molecule has 0 rings (SSSR count). The number of hydrogen-bond donors (Lipinski definition) is 3. The Morgan fingerprint density at radius 2 is 1.85 bits per heavy atom. The maximum atomic E-state index is 10.4. The van der Waals surface area contributed by atoms with Gasteiger partial charge in [0, 0.05) is 6.92 Å². The molecule has 0 aliphatic rings. The maximum Gasteiger partial charge on any atom is 1.00 e. The minimum absolute atomic E-state index is 0. The van der Waals surface area contributed by atoms with Gasteiger partial charge in [0.15, 0.2) is 0 Å². The van der Waals surface area contributed by atoms with Crippen molar-refractivity contribution in [1.82, 2.24) is 5.32 Å². The Morgan fingerprint density at radius 3 is 2.08 bits per heavy atom. The molecule has 70 valence electrons. The average Bonchev–Trinajstić information content (AvgIpc) is 1.83. The van der Waals surface area contributed by atoms with Crippen molar-refractivity contribution in [2.75, 3.05) is 0 Å². The van der Waals surface area contributed by atoms with Crippen LogP contribution >= 0.6 is 0 Å². The predicted octanol–water partition coefficient (Wildman–Crippen LogP) is -3.83. The van der Waals surface area contributed by atoms with Gasteiger partial charge in [-0.1, -0.05) is 0 Å². The second-order valence-corrected chi connectivity index (χ2v) is 2.19. The Bertz CT molecular complexity index is 206. The summed E-state index contributed by atoms with van der Waals surface area (Å²) in [6.07, 6.45) is -0.616. The molecule has 0 aliphatic heterocycles. The molecule has 0 aromatic heterocycles. The van der Waals surface area contributed by atoms with E-state index in [1.165, 1.54) is 0 Å². The molecule has 0 aliphatic carbocycles. The third kappa shape index (κ3) is 7.76. The fourth-order valence-electron chi connectivity index (χ4n) is 0.620. The van der Waals surface area contributed by atoms with Gasteiger partial charge in [-0.3, -0.25) is 9.59 Å². The van der Waals surface area contributed by atoms with Crippen LogP contribution in [0.5, 0.6) is 0 Å². The van der Waals surface area contributed by atoms with Gasteiger partial charge in [0.1, 0.15) is 6.04 Å². The van der Waals surface area contributed by atoms with Crippen LogP contribution in [0.3, 0.4) is 0 Å². The van der Waals surface area contributed by atoms with Gasteiger partial charge in [0.25, 0.3) is 0 Å². The zero-order valence-electron chi connectivity index (χ0n) is 8.40. The number of nitrogens with one attached hydrogen (secondary N) is 1. The van der Waals surface area contributed by atoms with Crippen molar-refractivity contribution in [3.05, 3.63) is 0 Å². The molecule has 0 fully saturated rings. The van der Waals surface area contributed by atoms with Gasteiger partial charge in [0.05, 0.1) is 6.42 Å². The van der Waals surface area contributed by atoms with Gasteiger partial charge in [-0.25, -0.2) is 4.79 Å². The van der Waals surface area contributed by atoms with Gasteiger partial charge in [-0.05, 0) is 0 Å². The monoisotopic (exact) mass is 199 g/mol. The van der Waals surface area contributed by atoms with Gasteiger partial charge in [-0.15, -0.1) is 0 Å². The fourth-order valence-corrected chi connectivity index (χ4v) is 0.620. The van der Waals surface area contributed by atoms with E-state index < -0.39 is 30.3 Å². The van der Waals surface area contributed by atoms with Crippen LogP contribution in [0.1, 0.15) is 14.8 Å². The number of hydrogen-bond acceptors (Lipinski definition) is 3.